The fourth-order valence-electron chi connectivity index (χ4n) is 2.22. The average Bonchev–Trinajstić information content (AvgIpc) is 2.63. The third-order valence-electron chi connectivity index (χ3n) is 3.30. The maximum atomic E-state index is 12.3. The second-order valence-corrected chi connectivity index (χ2v) is 13.2. The molecular formula is C16H20INOSi. The Bertz CT molecular complexity index is 584. The van der Waals surface area contributed by atoms with Gasteiger partial charge in [-0.15, -0.1) is 0 Å². The Balaban J connectivity index is 2.39. The molecule has 20 heavy (non-hydrogen) atoms. The van der Waals surface area contributed by atoms with Crippen molar-refractivity contribution >= 4 is 36.6 Å². The number of carbonyl (C=O) groups is 1. The minimum Gasteiger partial charge on any atom is -0.304 e. The molecule has 2 rings (SSSR count). The third-order valence-corrected chi connectivity index (χ3v) is 10.2. The van der Waals surface area contributed by atoms with Crippen LogP contribution in [0.15, 0.2) is 50.9 Å². The largest absolute Gasteiger partial charge is 0.304 e. The predicted molar refractivity (Wildman–Crippen MR) is 95.1 cm³/mol. The quantitative estimate of drug-likeness (QED) is 0.543. The molecule has 1 amide bonds. The molecular weight excluding hydrogens is 377 g/mol. The number of carbonyl (C=O) groups excluding carboxylic acids is 1. The van der Waals surface area contributed by atoms with E-state index in [1.54, 1.807) is 6.08 Å². The summed E-state index contributed by atoms with van der Waals surface area (Å²) < 4.78 is 1.37. The Morgan fingerprint density at radius 3 is 2.35 bits per heavy atom. The number of allylic oxidation sites excluding steroid dienone is 1. The van der Waals surface area contributed by atoms with Gasteiger partial charge in [0.05, 0.1) is 20.3 Å². The lowest BCUT2D eigenvalue weighted by Crippen LogP contribution is -2.30. The van der Waals surface area contributed by atoms with E-state index in [0.717, 1.165) is 11.3 Å². The Hall–Kier alpha value is -0.883. The van der Waals surface area contributed by atoms with Gasteiger partial charge in [-0.2, -0.15) is 0 Å². The predicted octanol–water partition coefficient (Wildman–Crippen LogP) is 4.50. The van der Waals surface area contributed by atoms with E-state index in [-0.39, 0.29) is 5.91 Å². The first-order valence-corrected chi connectivity index (χ1v) is 11.3. The number of amides is 1. The van der Waals surface area contributed by atoms with Crippen LogP contribution in [0.1, 0.15) is 12.5 Å². The van der Waals surface area contributed by atoms with E-state index < -0.39 is 8.07 Å². The van der Waals surface area contributed by atoms with Crippen molar-refractivity contribution in [2.75, 3.05) is 0 Å². The summed E-state index contributed by atoms with van der Waals surface area (Å²) in [5, 5.41) is 0. The maximum Gasteiger partial charge on any atom is 0.251 e. The number of halogens is 1. The molecule has 0 saturated heterocycles. The summed E-state index contributed by atoms with van der Waals surface area (Å²) >= 11 is 2.44. The summed E-state index contributed by atoms with van der Waals surface area (Å²) in [6.07, 6.45) is 1.76. The molecule has 1 heterocycles. The van der Waals surface area contributed by atoms with E-state index in [0.29, 0.717) is 6.54 Å². The van der Waals surface area contributed by atoms with Crippen LogP contribution in [-0.2, 0) is 11.3 Å². The normalized spacial score (nSPS) is 18.4. The van der Waals surface area contributed by atoms with Crippen molar-refractivity contribution < 1.29 is 4.79 Å². The van der Waals surface area contributed by atoms with E-state index in [1.165, 1.54) is 8.77 Å². The summed E-state index contributed by atoms with van der Waals surface area (Å²) in [4.78, 5) is 14.2. The minimum atomic E-state index is -1.42. The SMILES string of the molecule is CC1=CC(=O)N(Cc2ccccc2)/C1=C(/I)[Si](C)(C)C. The van der Waals surface area contributed by atoms with E-state index in [2.05, 4.69) is 54.4 Å². The average molecular weight is 397 g/mol. The molecule has 106 valence electrons. The van der Waals surface area contributed by atoms with Gasteiger partial charge in [0.1, 0.15) is 0 Å². The lowest BCUT2D eigenvalue weighted by molar-refractivity contribution is -0.123. The maximum absolute atomic E-state index is 12.3. The van der Waals surface area contributed by atoms with Crippen LogP contribution in [-0.4, -0.2) is 18.9 Å². The molecule has 4 heteroatoms. The van der Waals surface area contributed by atoms with Gasteiger partial charge in [0.25, 0.3) is 5.91 Å². The van der Waals surface area contributed by atoms with E-state index >= 15 is 0 Å². The molecule has 2 nitrogen and oxygen atoms in total. The Kier molecular flexibility index (Phi) is 4.54. The number of hydrogen-bond acceptors (Lipinski definition) is 1. The van der Waals surface area contributed by atoms with E-state index in [9.17, 15) is 4.79 Å². The molecule has 0 fully saturated rings. The van der Waals surface area contributed by atoms with E-state index in [1.807, 2.05) is 30.0 Å². The van der Waals surface area contributed by atoms with Crippen molar-refractivity contribution in [1.29, 1.82) is 0 Å². The van der Waals surface area contributed by atoms with Gasteiger partial charge in [-0.25, -0.2) is 0 Å². The van der Waals surface area contributed by atoms with Gasteiger partial charge in [-0.1, -0.05) is 72.6 Å². The van der Waals surface area contributed by atoms with Crippen molar-refractivity contribution in [2.24, 2.45) is 0 Å². The number of hydrogen-bond donors (Lipinski definition) is 0. The number of rotatable bonds is 3. The van der Waals surface area contributed by atoms with Gasteiger partial charge >= 0.3 is 0 Å². The molecule has 0 unspecified atom stereocenters. The van der Waals surface area contributed by atoms with Gasteiger partial charge in [0, 0.05) is 9.28 Å². The van der Waals surface area contributed by atoms with Gasteiger partial charge in [-0.05, 0) is 18.1 Å². The fraction of sp³-hybridized carbons (Fsp3) is 0.312. The molecule has 1 aliphatic heterocycles. The topological polar surface area (TPSA) is 20.3 Å². The molecule has 1 aromatic rings. The Labute approximate surface area is 135 Å². The highest BCUT2D eigenvalue weighted by atomic mass is 127. The van der Waals surface area contributed by atoms with Crippen molar-refractivity contribution in [3.05, 3.63) is 56.4 Å². The molecule has 0 saturated carbocycles. The second kappa shape index (κ2) is 5.85. The van der Waals surface area contributed by atoms with Crippen LogP contribution in [0.2, 0.25) is 19.6 Å². The highest BCUT2D eigenvalue weighted by Gasteiger charge is 2.31. The lowest BCUT2D eigenvalue weighted by atomic mass is 10.2. The summed E-state index contributed by atoms with van der Waals surface area (Å²) in [5.41, 5.74) is 3.40. The standard InChI is InChI=1S/C16H20INOSi/c1-12-10-14(19)18(11-13-8-6-5-7-9-13)15(12)16(17)20(2,3)4/h5-10H,11H2,1-4H3/b16-15-. The van der Waals surface area contributed by atoms with Crippen LogP contribution < -0.4 is 0 Å². The van der Waals surface area contributed by atoms with Gasteiger partial charge < -0.3 is 4.90 Å². The lowest BCUT2D eigenvalue weighted by Gasteiger charge is -2.26. The van der Waals surface area contributed by atoms with E-state index in [4.69, 9.17) is 0 Å². The molecule has 0 aliphatic carbocycles. The molecule has 1 aliphatic rings. The van der Waals surface area contributed by atoms with Crippen molar-refractivity contribution in [1.82, 2.24) is 4.90 Å². The van der Waals surface area contributed by atoms with Gasteiger partial charge in [0.15, 0.2) is 0 Å². The zero-order valence-corrected chi connectivity index (χ0v) is 15.6. The summed E-state index contributed by atoms with van der Waals surface area (Å²) in [6, 6.07) is 10.2. The van der Waals surface area contributed by atoms with Gasteiger partial charge in [-0.3, -0.25) is 4.79 Å². The molecule has 0 atom stereocenters. The third kappa shape index (κ3) is 3.23. The zero-order valence-electron chi connectivity index (χ0n) is 12.4. The highest BCUT2D eigenvalue weighted by Crippen LogP contribution is 2.35. The zero-order chi connectivity index (χ0) is 14.9. The molecule has 1 aromatic carbocycles. The van der Waals surface area contributed by atoms with Gasteiger partial charge in [0.2, 0.25) is 0 Å². The van der Waals surface area contributed by atoms with Crippen LogP contribution in [0.4, 0.5) is 0 Å². The fourth-order valence-corrected chi connectivity index (χ4v) is 3.98. The smallest absolute Gasteiger partial charge is 0.251 e. The summed E-state index contributed by atoms with van der Waals surface area (Å²) in [5.74, 6) is 0.105. The van der Waals surface area contributed by atoms with Crippen molar-refractivity contribution in [2.45, 2.75) is 33.1 Å². The minimum absolute atomic E-state index is 0.105. The van der Waals surface area contributed by atoms with Crippen LogP contribution in [0.5, 0.6) is 0 Å². The first-order valence-electron chi connectivity index (χ1n) is 6.75. The van der Waals surface area contributed by atoms with Crippen molar-refractivity contribution in [3.63, 3.8) is 0 Å². The number of nitrogens with zero attached hydrogens (tertiary/aromatic N) is 1. The number of benzene rings is 1. The summed E-state index contributed by atoms with van der Waals surface area (Å²) in [7, 11) is -1.42. The first-order chi connectivity index (χ1) is 9.30. The molecule has 0 radical (unpaired) electrons. The molecule has 0 bridgehead atoms. The Morgan fingerprint density at radius 2 is 1.80 bits per heavy atom. The van der Waals surface area contributed by atoms with Crippen LogP contribution in [0.3, 0.4) is 0 Å². The van der Waals surface area contributed by atoms with Crippen LogP contribution in [0.25, 0.3) is 0 Å². The molecule has 0 spiro atoms. The monoisotopic (exact) mass is 397 g/mol. The first kappa shape index (κ1) is 15.5. The summed E-state index contributed by atoms with van der Waals surface area (Å²) in [6.45, 7) is 9.65. The van der Waals surface area contributed by atoms with Crippen molar-refractivity contribution in [3.8, 4) is 0 Å². The molecule has 0 N–H and O–H groups in total. The molecule has 0 aromatic heterocycles. The van der Waals surface area contributed by atoms with Crippen LogP contribution >= 0.6 is 22.6 Å². The highest BCUT2D eigenvalue weighted by molar-refractivity contribution is 14.1. The van der Waals surface area contributed by atoms with Crippen LogP contribution in [0, 0.1) is 0 Å². The Morgan fingerprint density at radius 1 is 1.20 bits per heavy atom. The second-order valence-electron chi connectivity index (χ2n) is 6.15.